The lowest BCUT2D eigenvalue weighted by molar-refractivity contribution is 0.0302. The molecule has 13 unspecified atom stereocenters. The van der Waals surface area contributed by atoms with E-state index in [1.54, 1.807) is 0 Å². The zero-order valence-electron chi connectivity index (χ0n) is 73.8. The predicted molar refractivity (Wildman–Crippen MR) is 441 cm³/mol. The zero-order chi connectivity index (χ0) is 73.8. The molecule has 15 atom stereocenters. The number of hydrogen-bond donors (Lipinski definition) is 0. The van der Waals surface area contributed by atoms with E-state index >= 15 is 0 Å². The molecule has 0 aromatic heterocycles. The van der Waals surface area contributed by atoms with Crippen LogP contribution in [0.4, 0.5) is 0 Å². The quantitative estimate of drug-likeness (QED) is 0.263. The van der Waals surface area contributed by atoms with Crippen LogP contribution >= 0.6 is 0 Å². The molecule has 0 radical (unpaired) electrons. The van der Waals surface area contributed by atoms with E-state index in [1.807, 2.05) is 0 Å². The molecular formula is C96H192. The minimum atomic E-state index is 0.595. The van der Waals surface area contributed by atoms with Crippen molar-refractivity contribution in [1.82, 2.24) is 0 Å². The van der Waals surface area contributed by atoms with Gasteiger partial charge in [-0.25, -0.2) is 0 Å². The fourth-order valence-corrected chi connectivity index (χ4v) is 19.7. The molecule has 0 nitrogen and oxygen atoms in total. The van der Waals surface area contributed by atoms with Crippen LogP contribution in [0, 0.1) is 181 Å². The molecule has 0 aromatic rings. The first-order valence-corrected chi connectivity index (χ1v) is 44.3. The average molecular weight is 1350 g/mol. The van der Waals surface area contributed by atoms with Crippen molar-refractivity contribution in [3.8, 4) is 0 Å². The van der Waals surface area contributed by atoms with Gasteiger partial charge >= 0.3 is 0 Å². The third kappa shape index (κ3) is 36.6. The van der Waals surface area contributed by atoms with Crippen molar-refractivity contribution in [3.63, 3.8) is 0 Å². The molecule has 0 N–H and O–H groups in total. The lowest BCUT2D eigenvalue weighted by Crippen LogP contribution is -2.39. The molecule has 0 heterocycles. The summed E-state index contributed by atoms with van der Waals surface area (Å²) in [7, 11) is 0. The molecule has 12 saturated carbocycles. The Balaban J connectivity index is 0.000000524. The maximum Gasteiger partial charge on any atom is -0.0329 e. The Kier molecular flexibility index (Phi) is 45.1. The van der Waals surface area contributed by atoms with E-state index in [9.17, 15) is 0 Å². The Labute approximate surface area is 612 Å². The second kappa shape index (κ2) is 46.1. The largest absolute Gasteiger partial charge is 0.0651 e. The van der Waals surface area contributed by atoms with Gasteiger partial charge in [0, 0.05) is 0 Å². The van der Waals surface area contributed by atoms with Crippen LogP contribution in [0.5, 0.6) is 0 Å². The summed E-state index contributed by atoms with van der Waals surface area (Å²) in [5, 5.41) is 0. The van der Waals surface area contributed by atoms with Crippen LogP contribution in [0.1, 0.15) is 435 Å². The summed E-state index contributed by atoms with van der Waals surface area (Å²) < 4.78 is 0. The lowest BCUT2D eigenvalue weighted by atomic mass is 9.60. The topological polar surface area (TPSA) is 0 Å². The van der Waals surface area contributed by atoms with Gasteiger partial charge < -0.3 is 0 Å². The fraction of sp³-hybridized carbons (Fsp3) is 1.00. The van der Waals surface area contributed by atoms with E-state index in [0.717, 1.165) is 160 Å². The van der Waals surface area contributed by atoms with E-state index in [2.05, 4.69) is 242 Å². The maximum absolute atomic E-state index is 2.39. The summed E-state index contributed by atoms with van der Waals surface area (Å²) in [4.78, 5) is 0. The highest BCUT2D eigenvalue weighted by Gasteiger charge is 2.39. The zero-order valence-corrected chi connectivity index (χ0v) is 73.8. The van der Waals surface area contributed by atoms with Crippen molar-refractivity contribution in [1.29, 1.82) is 0 Å². The van der Waals surface area contributed by atoms with Crippen LogP contribution in [-0.2, 0) is 0 Å². The first-order valence-electron chi connectivity index (χ1n) is 44.3. The van der Waals surface area contributed by atoms with Crippen LogP contribution in [0.3, 0.4) is 0 Å². The van der Waals surface area contributed by atoms with E-state index in [0.29, 0.717) is 21.7 Å². The molecule has 0 saturated heterocycles. The maximum atomic E-state index is 2.39. The molecule has 12 aliphatic carbocycles. The van der Waals surface area contributed by atoms with E-state index in [4.69, 9.17) is 0 Å². The monoisotopic (exact) mass is 1350 g/mol. The highest BCUT2D eigenvalue weighted by atomic mass is 14.4. The van der Waals surface area contributed by atoms with E-state index in [-0.39, 0.29) is 0 Å². The SMILES string of the molecule is CC(C)(C)C1CCC1.CC1C(C)C(C)C1C.CC1CC(C(C)C)C1.CC1CC(C)C(C)C1.CC1CC(C)[C@@H](C)C1.CC1CCC(C)(C)C1.CC1CCC(C)C1C.CC1CCC(C)C1C.CC1CCCC1(C)C.CCC(C)C1CCC1.CCC1CCCC1C.C[C@H]1CCC(C)(C)C1. The summed E-state index contributed by atoms with van der Waals surface area (Å²) in [6.45, 7) is 82.6. The molecule has 12 aliphatic rings. The molecular weight excluding hydrogens is 1150 g/mol. The van der Waals surface area contributed by atoms with Crippen molar-refractivity contribution in [2.24, 2.45) is 181 Å². The molecule has 0 bridgehead atoms. The summed E-state index contributed by atoms with van der Waals surface area (Å²) in [6, 6.07) is 0. The second-order valence-corrected chi connectivity index (χ2v) is 42.8. The van der Waals surface area contributed by atoms with E-state index in [1.165, 1.54) is 193 Å². The molecule has 0 heteroatoms. The number of rotatable bonds is 4. The smallest absolute Gasteiger partial charge is 0.0329 e. The summed E-state index contributed by atoms with van der Waals surface area (Å²) in [6.07, 6.45) is 43.8. The Morgan fingerprint density at radius 2 is 0.667 bits per heavy atom. The highest BCUT2D eigenvalue weighted by Crippen LogP contribution is 2.47. The summed E-state index contributed by atoms with van der Waals surface area (Å²) in [5.74, 6) is 27.0. The van der Waals surface area contributed by atoms with Gasteiger partial charge in [0.2, 0.25) is 0 Å². The van der Waals surface area contributed by atoms with Gasteiger partial charge in [0.15, 0.2) is 0 Å². The highest BCUT2D eigenvalue weighted by molar-refractivity contribution is 4.88. The molecule has 96 heavy (non-hydrogen) atoms. The van der Waals surface area contributed by atoms with Gasteiger partial charge in [-0.1, -0.05) is 351 Å². The van der Waals surface area contributed by atoms with E-state index < -0.39 is 0 Å². The Hall–Kier alpha value is 0. The van der Waals surface area contributed by atoms with Crippen molar-refractivity contribution >= 4 is 0 Å². The lowest BCUT2D eigenvalue weighted by Gasteiger charge is -2.45. The van der Waals surface area contributed by atoms with Crippen molar-refractivity contribution in [3.05, 3.63) is 0 Å². The third-order valence-corrected chi connectivity index (χ3v) is 31.2. The predicted octanol–water partition coefficient (Wildman–Crippen LogP) is 33.0. The van der Waals surface area contributed by atoms with Gasteiger partial charge in [0.1, 0.15) is 0 Å². The fourth-order valence-electron chi connectivity index (χ4n) is 19.7. The van der Waals surface area contributed by atoms with Crippen molar-refractivity contribution in [2.75, 3.05) is 0 Å². The van der Waals surface area contributed by atoms with Crippen molar-refractivity contribution < 1.29 is 0 Å². The molecule has 0 aliphatic heterocycles. The van der Waals surface area contributed by atoms with Gasteiger partial charge in [-0.05, 0) is 265 Å². The molecule has 0 spiro atoms. The standard InChI is InChI=1S/12C8H16/c2*1-6-4-7(2)8(3)5-6;1-6(2)8-4-7(3)5-8;2*1-7-4-5-8(2,3)6-7;1-8(2,3)7-5-4-6-7;1-7-5-4-6-8(7,2)3;2*1-6-4-5-7(2)8(6)3;1-5-6(2)8(4)7(5)3;1-3-8-6-4-5-7(8)2;1-3-7(2)8-5-4-6-8/h3*6-8H,4-5H2,1-3H3;4*7H,4-6H2,1-3H3;2*6-8H,4-5H2,1-3H3;5-8H,1-4H3;2*7-8H,3-6H2,1-2H3/t6?,7-,8?;;;7-;;;;;;;;/m0..0......../s1. The second-order valence-electron chi connectivity index (χ2n) is 42.8. The molecule has 576 valence electrons. The van der Waals surface area contributed by atoms with Crippen LogP contribution in [-0.4, -0.2) is 0 Å². The van der Waals surface area contributed by atoms with Gasteiger partial charge in [-0.2, -0.15) is 0 Å². The first-order chi connectivity index (χ1) is 44.3. The van der Waals surface area contributed by atoms with Crippen molar-refractivity contribution in [2.45, 2.75) is 435 Å². The Morgan fingerprint density at radius 1 is 0.323 bits per heavy atom. The van der Waals surface area contributed by atoms with Gasteiger partial charge in [0.25, 0.3) is 0 Å². The minimum Gasteiger partial charge on any atom is -0.0651 e. The van der Waals surface area contributed by atoms with Crippen LogP contribution in [0.15, 0.2) is 0 Å². The minimum absolute atomic E-state index is 0.595. The molecule has 12 rings (SSSR count). The van der Waals surface area contributed by atoms with Crippen LogP contribution in [0.25, 0.3) is 0 Å². The third-order valence-electron chi connectivity index (χ3n) is 31.2. The average Bonchev–Trinajstić information content (AvgIpc) is 1.31. The summed E-state index contributed by atoms with van der Waals surface area (Å²) in [5.41, 5.74) is 2.58. The molecule has 0 aromatic carbocycles. The summed E-state index contributed by atoms with van der Waals surface area (Å²) >= 11 is 0. The molecule has 12 fully saturated rings. The van der Waals surface area contributed by atoms with Crippen LogP contribution in [0.2, 0.25) is 0 Å². The molecule has 0 amide bonds. The van der Waals surface area contributed by atoms with Crippen LogP contribution < -0.4 is 0 Å². The normalized spacial score (nSPS) is 39.7. The number of hydrogen-bond acceptors (Lipinski definition) is 0. The Morgan fingerprint density at radius 3 is 0.760 bits per heavy atom. The Bertz CT molecular complexity index is 1710. The van der Waals surface area contributed by atoms with Gasteiger partial charge in [0.05, 0.1) is 0 Å². The first kappa shape index (κ1) is 94.0. The van der Waals surface area contributed by atoms with Gasteiger partial charge in [-0.15, -0.1) is 0 Å². The van der Waals surface area contributed by atoms with Gasteiger partial charge in [-0.3, -0.25) is 0 Å².